The Morgan fingerprint density at radius 3 is 2.82 bits per heavy atom. The summed E-state index contributed by atoms with van der Waals surface area (Å²) in [6.07, 6.45) is 0.151. The Kier molecular flexibility index (Phi) is 7.36. The molecule has 0 unspecified atom stereocenters. The second kappa shape index (κ2) is 7.66. The fourth-order valence-electron chi connectivity index (χ4n) is 0.349. The summed E-state index contributed by atoms with van der Waals surface area (Å²) in [7, 11) is 0. The van der Waals surface area contributed by atoms with Crippen LogP contribution in [0, 0.1) is 9.85 Å². The molecule has 62 valence electrons. The van der Waals surface area contributed by atoms with Crippen LogP contribution < -0.4 is 0 Å². The molecule has 0 fully saturated rings. The Morgan fingerprint density at radius 1 is 1.55 bits per heavy atom. The zero-order chi connectivity index (χ0) is 8.53. The van der Waals surface area contributed by atoms with Crippen LogP contribution in [0.15, 0.2) is 0 Å². The van der Waals surface area contributed by atoms with Gasteiger partial charge in [-0.1, -0.05) is 12.8 Å². The van der Waals surface area contributed by atoms with Crippen molar-refractivity contribution in [2.45, 2.75) is 13.3 Å². The van der Waals surface area contributed by atoms with E-state index in [0.717, 1.165) is 6.42 Å². The van der Waals surface area contributed by atoms with Crippen LogP contribution in [0.1, 0.15) is 13.3 Å². The van der Waals surface area contributed by atoms with Crippen LogP contribution in [-0.4, -0.2) is 19.4 Å². The molecule has 3 nitrogen and oxygen atoms in total. The van der Waals surface area contributed by atoms with Crippen LogP contribution >= 0.6 is 22.6 Å². The van der Waals surface area contributed by atoms with Gasteiger partial charge in [0.25, 0.3) is 0 Å². The zero-order valence-electron chi connectivity index (χ0n) is 6.22. The van der Waals surface area contributed by atoms with Crippen LogP contribution in [0.5, 0.6) is 0 Å². The van der Waals surface area contributed by atoms with Crippen molar-refractivity contribution in [3.63, 3.8) is 0 Å². The molecule has 0 aliphatic rings. The lowest BCUT2D eigenvalue weighted by atomic mass is 10.5. The standard InChI is InChI=1S/C7H9IO3/c1-2-5-10-7(9)11-6-3-4-8/h2,5-6H2,1H3. The normalized spacial score (nSPS) is 7.82. The molecular weight excluding hydrogens is 259 g/mol. The Labute approximate surface area is 79.6 Å². The summed E-state index contributed by atoms with van der Waals surface area (Å²) in [5.74, 6) is 2.57. The first-order valence-corrected chi connectivity index (χ1v) is 4.27. The van der Waals surface area contributed by atoms with Crippen molar-refractivity contribution in [2.24, 2.45) is 0 Å². The lowest BCUT2D eigenvalue weighted by molar-refractivity contribution is 0.0647. The van der Waals surface area contributed by atoms with Crippen LogP contribution in [0.2, 0.25) is 0 Å². The Hall–Kier alpha value is -0.440. The van der Waals surface area contributed by atoms with Gasteiger partial charge in [-0.3, -0.25) is 0 Å². The molecule has 0 aromatic carbocycles. The molecule has 0 atom stereocenters. The summed E-state index contributed by atoms with van der Waals surface area (Å²) in [6.45, 7) is 2.42. The van der Waals surface area contributed by atoms with E-state index < -0.39 is 6.16 Å². The third kappa shape index (κ3) is 7.46. The number of carbonyl (C=O) groups is 1. The summed E-state index contributed by atoms with van der Waals surface area (Å²) in [4.78, 5) is 10.6. The highest BCUT2D eigenvalue weighted by Gasteiger charge is 1.99. The average molecular weight is 268 g/mol. The molecule has 0 bridgehead atoms. The number of hydrogen-bond acceptors (Lipinski definition) is 3. The second-order valence-electron chi connectivity index (χ2n) is 1.66. The number of halogens is 1. The number of ether oxygens (including phenoxy) is 2. The first kappa shape index (κ1) is 10.6. The minimum absolute atomic E-state index is 0.103. The Bertz CT molecular complexity index is 168. The maximum Gasteiger partial charge on any atom is 0.509 e. The van der Waals surface area contributed by atoms with Crippen LogP contribution in [0.4, 0.5) is 4.79 Å². The lowest BCUT2D eigenvalue weighted by Gasteiger charge is -2.00. The first-order chi connectivity index (χ1) is 5.31. The topological polar surface area (TPSA) is 35.5 Å². The van der Waals surface area contributed by atoms with Gasteiger partial charge in [0.2, 0.25) is 0 Å². The molecule has 0 amide bonds. The van der Waals surface area contributed by atoms with Gasteiger partial charge in [0.15, 0.2) is 6.61 Å². The van der Waals surface area contributed by atoms with E-state index in [-0.39, 0.29) is 6.61 Å². The van der Waals surface area contributed by atoms with Gasteiger partial charge in [0, 0.05) is 22.6 Å². The van der Waals surface area contributed by atoms with E-state index in [9.17, 15) is 4.79 Å². The van der Waals surface area contributed by atoms with Gasteiger partial charge in [-0.15, -0.1) is 0 Å². The van der Waals surface area contributed by atoms with Gasteiger partial charge in [0.05, 0.1) is 6.61 Å². The second-order valence-corrected chi connectivity index (χ2v) is 2.20. The Morgan fingerprint density at radius 2 is 2.27 bits per heavy atom. The van der Waals surface area contributed by atoms with E-state index in [0.29, 0.717) is 6.61 Å². The minimum atomic E-state index is -0.647. The predicted octanol–water partition coefficient (Wildman–Crippen LogP) is 1.95. The first-order valence-electron chi connectivity index (χ1n) is 3.19. The monoisotopic (exact) mass is 268 g/mol. The molecule has 0 radical (unpaired) electrons. The van der Waals surface area contributed by atoms with Crippen LogP contribution in [-0.2, 0) is 9.47 Å². The third-order valence-corrected chi connectivity index (χ3v) is 1.13. The van der Waals surface area contributed by atoms with Crippen molar-refractivity contribution in [3.8, 4) is 9.85 Å². The largest absolute Gasteiger partial charge is 0.509 e. The molecule has 0 N–H and O–H groups in total. The molecule has 0 rings (SSSR count). The fourth-order valence-corrected chi connectivity index (χ4v) is 0.505. The van der Waals surface area contributed by atoms with Gasteiger partial charge in [-0.05, 0) is 10.3 Å². The molecule has 0 saturated heterocycles. The van der Waals surface area contributed by atoms with E-state index in [4.69, 9.17) is 0 Å². The van der Waals surface area contributed by atoms with Crippen molar-refractivity contribution in [1.29, 1.82) is 0 Å². The molecule has 0 saturated carbocycles. The SMILES string of the molecule is CCCOC(=O)OCC#CI. The predicted molar refractivity (Wildman–Crippen MR) is 49.4 cm³/mol. The molecule has 0 aliphatic carbocycles. The van der Waals surface area contributed by atoms with E-state index in [2.05, 4.69) is 19.3 Å². The smallest absolute Gasteiger partial charge is 0.434 e. The van der Waals surface area contributed by atoms with Crippen molar-refractivity contribution in [3.05, 3.63) is 0 Å². The quantitative estimate of drug-likeness (QED) is 0.446. The summed E-state index contributed by atoms with van der Waals surface area (Å²) >= 11 is 1.87. The van der Waals surface area contributed by atoms with Crippen molar-refractivity contribution in [1.82, 2.24) is 0 Å². The van der Waals surface area contributed by atoms with Gasteiger partial charge < -0.3 is 9.47 Å². The van der Waals surface area contributed by atoms with Crippen molar-refractivity contribution < 1.29 is 14.3 Å². The van der Waals surface area contributed by atoms with Crippen LogP contribution in [0.25, 0.3) is 0 Å². The summed E-state index contributed by atoms with van der Waals surface area (Å²) in [5.41, 5.74) is 0. The summed E-state index contributed by atoms with van der Waals surface area (Å²) in [6, 6.07) is 0. The van der Waals surface area contributed by atoms with Gasteiger partial charge in [-0.25, -0.2) is 4.79 Å². The lowest BCUT2D eigenvalue weighted by Crippen LogP contribution is -2.07. The third-order valence-electron chi connectivity index (χ3n) is 0.753. The van der Waals surface area contributed by atoms with Crippen molar-refractivity contribution in [2.75, 3.05) is 13.2 Å². The highest BCUT2D eigenvalue weighted by atomic mass is 127. The summed E-state index contributed by atoms with van der Waals surface area (Å²) < 4.78 is 11.7. The maximum absolute atomic E-state index is 10.6. The fraction of sp³-hybridized carbons (Fsp3) is 0.571. The highest BCUT2D eigenvalue weighted by molar-refractivity contribution is 14.1. The number of carbonyl (C=O) groups excluding carboxylic acids is 1. The maximum atomic E-state index is 10.6. The molecule has 0 heterocycles. The van der Waals surface area contributed by atoms with Gasteiger partial charge in [0.1, 0.15) is 0 Å². The molecule has 4 heteroatoms. The average Bonchev–Trinajstić information content (AvgIpc) is 2.01. The van der Waals surface area contributed by atoms with Gasteiger partial charge in [-0.2, -0.15) is 0 Å². The molecule has 0 aliphatic heterocycles. The number of rotatable bonds is 3. The van der Waals surface area contributed by atoms with E-state index in [1.807, 2.05) is 29.5 Å². The highest BCUT2D eigenvalue weighted by Crippen LogP contribution is 1.86. The van der Waals surface area contributed by atoms with E-state index >= 15 is 0 Å². The van der Waals surface area contributed by atoms with E-state index in [1.54, 1.807) is 0 Å². The molecule has 0 spiro atoms. The zero-order valence-corrected chi connectivity index (χ0v) is 8.38. The summed E-state index contributed by atoms with van der Waals surface area (Å²) in [5, 5.41) is 0. The number of hydrogen-bond donors (Lipinski definition) is 0. The minimum Gasteiger partial charge on any atom is -0.434 e. The molecule has 0 aromatic heterocycles. The van der Waals surface area contributed by atoms with E-state index in [1.165, 1.54) is 0 Å². The van der Waals surface area contributed by atoms with Crippen molar-refractivity contribution >= 4 is 28.7 Å². The molecular formula is C7H9IO3. The Balaban J connectivity index is 3.27. The molecule has 0 aromatic rings. The molecule has 11 heavy (non-hydrogen) atoms. The van der Waals surface area contributed by atoms with Crippen LogP contribution in [0.3, 0.4) is 0 Å². The van der Waals surface area contributed by atoms with Gasteiger partial charge >= 0.3 is 6.16 Å².